The maximum absolute atomic E-state index is 5.48. The molecule has 2 aromatic rings. The molecule has 1 aromatic heterocycles. The van der Waals surface area contributed by atoms with E-state index in [4.69, 9.17) is 4.74 Å². The van der Waals surface area contributed by atoms with Crippen molar-refractivity contribution in [2.75, 3.05) is 14.2 Å². The Hall–Kier alpha value is -2.08. The highest BCUT2D eigenvalue weighted by Gasteiger charge is 2.13. The third-order valence-corrected chi connectivity index (χ3v) is 5.12. The average molecular weight is 361 g/mol. The van der Waals surface area contributed by atoms with Gasteiger partial charge in [-0.1, -0.05) is 31.5 Å². The number of guanidine groups is 1. The van der Waals surface area contributed by atoms with Crippen LogP contribution < -0.4 is 15.4 Å². The quantitative estimate of drug-likeness (QED) is 0.604. The van der Waals surface area contributed by atoms with Crippen LogP contribution in [0.3, 0.4) is 0 Å². The summed E-state index contributed by atoms with van der Waals surface area (Å²) in [5.74, 6) is 2.09. The molecule has 0 aliphatic carbocycles. The lowest BCUT2D eigenvalue weighted by atomic mass is 10.0. The molecule has 0 spiro atoms. The van der Waals surface area contributed by atoms with Crippen molar-refractivity contribution in [1.29, 1.82) is 0 Å². The smallest absolute Gasteiger partial charge is 0.191 e. The van der Waals surface area contributed by atoms with Gasteiger partial charge in [-0.3, -0.25) is 4.99 Å². The van der Waals surface area contributed by atoms with E-state index in [1.54, 1.807) is 25.5 Å². The summed E-state index contributed by atoms with van der Waals surface area (Å²) in [7, 11) is 3.47. The van der Waals surface area contributed by atoms with Crippen molar-refractivity contribution in [2.24, 2.45) is 4.99 Å². The van der Waals surface area contributed by atoms with Gasteiger partial charge in [0.2, 0.25) is 0 Å². The monoisotopic (exact) mass is 360 g/mol. The number of thiazole rings is 1. The number of methoxy groups -OCH3 is 1. The molecule has 1 heterocycles. The molecule has 0 fully saturated rings. The highest BCUT2D eigenvalue weighted by molar-refractivity contribution is 7.09. The van der Waals surface area contributed by atoms with Gasteiger partial charge in [-0.15, -0.1) is 11.3 Å². The Morgan fingerprint density at radius 1 is 1.32 bits per heavy atom. The van der Waals surface area contributed by atoms with Crippen LogP contribution >= 0.6 is 11.3 Å². The zero-order valence-corrected chi connectivity index (χ0v) is 16.7. The molecule has 6 heteroatoms. The molecule has 2 rings (SSSR count). The van der Waals surface area contributed by atoms with Crippen LogP contribution in [0.15, 0.2) is 28.6 Å². The van der Waals surface area contributed by atoms with E-state index < -0.39 is 0 Å². The maximum atomic E-state index is 5.48. The number of aryl methyl sites for hydroxylation is 1. The molecule has 136 valence electrons. The molecule has 0 radical (unpaired) electrons. The number of hydrogen-bond acceptors (Lipinski definition) is 4. The number of aromatic nitrogens is 1. The minimum Gasteiger partial charge on any atom is -0.496 e. The Labute approximate surface area is 154 Å². The summed E-state index contributed by atoms with van der Waals surface area (Å²) in [4.78, 5) is 8.96. The van der Waals surface area contributed by atoms with Crippen LogP contribution in [0, 0.1) is 6.92 Å². The molecule has 0 saturated carbocycles. The Morgan fingerprint density at radius 3 is 2.68 bits per heavy atom. The molecule has 0 aliphatic rings. The molecule has 25 heavy (non-hydrogen) atoms. The van der Waals surface area contributed by atoms with E-state index in [1.165, 1.54) is 5.56 Å². The predicted octanol–water partition coefficient (Wildman–Crippen LogP) is 4.01. The Balaban J connectivity index is 2.00. The number of benzene rings is 1. The second-order valence-corrected chi connectivity index (χ2v) is 7.26. The fraction of sp³-hybridized carbons (Fsp3) is 0.474. The molecular weight excluding hydrogens is 332 g/mol. The van der Waals surface area contributed by atoms with E-state index in [-0.39, 0.29) is 6.04 Å². The molecule has 1 unspecified atom stereocenters. The van der Waals surface area contributed by atoms with Crippen LogP contribution in [0.2, 0.25) is 0 Å². The fourth-order valence-corrected chi connectivity index (χ4v) is 3.35. The number of rotatable bonds is 6. The van der Waals surface area contributed by atoms with Crippen molar-refractivity contribution in [3.63, 3.8) is 0 Å². The van der Waals surface area contributed by atoms with E-state index in [0.717, 1.165) is 28.0 Å². The number of aliphatic imine (C=N–C) groups is 1. The molecule has 0 aliphatic heterocycles. The van der Waals surface area contributed by atoms with Crippen LogP contribution in [0.25, 0.3) is 0 Å². The second-order valence-electron chi connectivity index (χ2n) is 6.37. The summed E-state index contributed by atoms with van der Waals surface area (Å²) in [6.45, 7) is 9.16. The molecule has 2 N–H and O–H groups in total. The fourth-order valence-electron chi connectivity index (χ4n) is 2.51. The van der Waals surface area contributed by atoms with Crippen LogP contribution in [-0.4, -0.2) is 25.1 Å². The molecule has 1 atom stereocenters. The molecule has 5 nitrogen and oxygen atoms in total. The van der Waals surface area contributed by atoms with Gasteiger partial charge in [-0.25, -0.2) is 4.98 Å². The van der Waals surface area contributed by atoms with Crippen molar-refractivity contribution in [2.45, 2.75) is 46.2 Å². The van der Waals surface area contributed by atoms with Crippen LogP contribution in [-0.2, 0) is 6.54 Å². The number of nitrogens with zero attached hydrogens (tertiary/aromatic N) is 2. The SMILES string of the molecule is CN=C(NCc1csc(C(C)C)n1)NC(C)c1cc(C)ccc1OC. The van der Waals surface area contributed by atoms with Gasteiger partial charge in [0, 0.05) is 23.9 Å². The minimum atomic E-state index is 0.0720. The Kier molecular flexibility index (Phi) is 6.82. The standard InChI is InChI=1S/C19H28N4OS/c1-12(2)18-23-15(11-25-18)10-21-19(20-5)22-14(4)16-9-13(3)7-8-17(16)24-6/h7-9,11-12,14H,10H2,1-6H3,(H2,20,21,22). The summed E-state index contributed by atoms with van der Waals surface area (Å²) >= 11 is 1.71. The third-order valence-electron chi connectivity index (χ3n) is 3.93. The first-order chi connectivity index (χ1) is 11.9. The van der Waals surface area contributed by atoms with Crippen LogP contribution in [0.5, 0.6) is 5.75 Å². The van der Waals surface area contributed by atoms with Crippen molar-refractivity contribution < 1.29 is 4.74 Å². The van der Waals surface area contributed by atoms with Gasteiger partial charge in [-0.2, -0.15) is 0 Å². The highest BCUT2D eigenvalue weighted by atomic mass is 32.1. The molecule has 0 bridgehead atoms. The van der Waals surface area contributed by atoms with E-state index in [9.17, 15) is 0 Å². The molecule has 0 amide bonds. The summed E-state index contributed by atoms with van der Waals surface area (Å²) in [5, 5.41) is 10.0. The largest absolute Gasteiger partial charge is 0.496 e. The maximum Gasteiger partial charge on any atom is 0.191 e. The van der Waals surface area contributed by atoms with Crippen molar-refractivity contribution in [3.05, 3.63) is 45.4 Å². The summed E-state index contributed by atoms with van der Waals surface area (Å²) in [5.41, 5.74) is 3.36. The van der Waals surface area contributed by atoms with Gasteiger partial charge in [0.1, 0.15) is 5.75 Å². The first-order valence-electron chi connectivity index (χ1n) is 8.50. The highest BCUT2D eigenvalue weighted by Crippen LogP contribution is 2.26. The lowest BCUT2D eigenvalue weighted by molar-refractivity contribution is 0.405. The topological polar surface area (TPSA) is 58.5 Å². The molecular formula is C19H28N4OS. The Bertz CT molecular complexity index is 724. The van der Waals surface area contributed by atoms with E-state index in [1.807, 2.05) is 6.07 Å². The zero-order chi connectivity index (χ0) is 18.4. The van der Waals surface area contributed by atoms with E-state index in [0.29, 0.717) is 12.5 Å². The Morgan fingerprint density at radius 2 is 2.08 bits per heavy atom. The van der Waals surface area contributed by atoms with Gasteiger partial charge in [0.25, 0.3) is 0 Å². The molecule has 1 aromatic carbocycles. The van der Waals surface area contributed by atoms with Crippen molar-refractivity contribution in [3.8, 4) is 5.75 Å². The van der Waals surface area contributed by atoms with Gasteiger partial charge in [0.05, 0.1) is 30.4 Å². The number of ether oxygens (including phenoxy) is 1. The predicted molar refractivity (Wildman–Crippen MR) is 106 cm³/mol. The summed E-state index contributed by atoms with van der Waals surface area (Å²) < 4.78 is 5.48. The first-order valence-corrected chi connectivity index (χ1v) is 9.38. The second kappa shape index (κ2) is 8.85. The van der Waals surface area contributed by atoms with Crippen molar-refractivity contribution in [1.82, 2.24) is 15.6 Å². The normalized spacial score (nSPS) is 13.0. The zero-order valence-electron chi connectivity index (χ0n) is 15.9. The van der Waals surface area contributed by atoms with Crippen molar-refractivity contribution >= 4 is 17.3 Å². The van der Waals surface area contributed by atoms with E-state index >= 15 is 0 Å². The lowest BCUT2D eigenvalue weighted by Gasteiger charge is -2.20. The van der Waals surface area contributed by atoms with Crippen LogP contribution in [0.1, 0.15) is 54.6 Å². The minimum absolute atomic E-state index is 0.0720. The third kappa shape index (κ3) is 5.19. The van der Waals surface area contributed by atoms with Gasteiger partial charge >= 0.3 is 0 Å². The van der Waals surface area contributed by atoms with Gasteiger partial charge in [-0.05, 0) is 19.9 Å². The van der Waals surface area contributed by atoms with Gasteiger partial charge < -0.3 is 15.4 Å². The number of nitrogens with one attached hydrogen (secondary N) is 2. The number of hydrogen-bond donors (Lipinski definition) is 2. The summed E-state index contributed by atoms with van der Waals surface area (Å²) in [6.07, 6.45) is 0. The van der Waals surface area contributed by atoms with Crippen LogP contribution in [0.4, 0.5) is 0 Å². The molecule has 0 saturated heterocycles. The first kappa shape index (κ1) is 19.2. The van der Waals surface area contributed by atoms with E-state index in [2.05, 4.69) is 65.8 Å². The average Bonchev–Trinajstić information content (AvgIpc) is 3.07. The lowest BCUT2D eigenvalue weighted by Crippen LogP contribution is -2.38. The van der Waals surface area contributed by atoms with Gasteiger partial charge in [0.15, 0.2) is 5.96 Å². The summed E-state index contributed by atoms with van der Waals surface area (Å²) in [6, 6.07) is 6.26.